The van der Waals surface area contributed by atoms with Crippen molar-refractivity contribution >= 4 is 51.6 Å². The monoisotopic (exact) mass is 397 g/mol. The van der Waals surface area contributed by atoms with Crippen molar-refractivity contribution in [2.75, 3.05) is 10.6 Å². The average molecular weight is 398 g/mol. The number of carbonyl (C=O) groups is 1. The number of anilines is 2. The van der Waals surface area contributed by atoms with Crippen LogP contribution in [0.4, 0.5) is 10.9 Å². The van der Waals surface area contributed by atoms with Gasteiger partial charge in [-0.25, -0.2) is 4.98 Å². The second-order valence-corrected chi connectivity index (χ2v) is 8.97. The molecule has 9 heteroatoms. The number of carbonyl (C=O) groups excluding carboxylic acids is 1. The van der Waals surface area contributed by atoms with Crippen molar-refractivity contribution in [3.8, 4) is 0 Å². The first-order chi connectivity index (χ1) is 12.1. The molecule has 0 saturated heterocycles. The summed E-state index contributed by atoms with van der Waals surface area (Å²) in [6.45, 7) is 1.84. The lowest BCUT2D eigenvalue weighted by molar-refractivity contribution is -0.115. The third-order valence-corrected chi connectivity index (χ3v) is 6.23. The van der Waals surface area contributed by atoms with Crippen LogP contribution in [0.25, 0.3) is 0 Å². The Morgan fingerprint density at radius 1 is 1.32 bits per heavy atom. The van der Waals surface area contributed by atoms with E-state index in [0.29, 0.717) is 16.9 Å². The van der Waals surface area contributed by atoms with E-state index in [1.54, 1.807) is 12.1 Å². The molecule has 6 nitrogen and oxygen atoms in total. The highest BCUT2D eigenvalue weighted by Gasteiger charge is 2.19. The van der Waals surface area contributed by atoms with Gasteiger partial charge in [-0.3, -0.25) is 4.79 Å². The molecule has 0 aliphatic heterocycles. The van der Waals surface area contributed by atoms with Crippen LogP contribution in [0.1, 0.15) is 39.0 Å². The van der Waals surface area contributed by atoms with E-state index in [4.69, 9.17) is 11.6 Å². The molecule has 0 aromatic carbocycles. The highest BCUT2D eigenvalue weighted by atomic mass is 35.5. The topological polar surface area (TPSA) is 79.8 Å². The highest BCUT2D eigenvalue weighted by Crippen LogP contribution is 2.31. The van der Waals surface area contributed by atoms with E-state index in [9.17, 15) is 4.79 Å². The standard InChI is InChI=1S/C16H20ClN5OS2/c1-10(14(23)20-13-8-7-11(17)9-18-13)24-16-22-21-15(25-16)19-12-5-3-2-4-6-12/h7-10,12H,2-6H2,1H3,(H,19,21)(H,18,20,23). The summed E-state index contributed by atoms with van der Waals surface area (Å²) in [4.78, 5) is 16.3. The number of rotatable bonds is 6. The molecule has 2 aromatic rings. The Labute approximate surface area is 160 Å². The molecule has 1 fully saturated rings. The Kier molecular flexibility index (Phi) is 6.50. The molecule has 3 rings (SSSR count). The Hall–Kier alpha value is -1.38. The second-order valence-electron chi connectivity index (χ2n) is 5.96. The van der Waals surface area contributed by atoms with Crippen molar-refractivity contribution in [3.63, 3.8) is 0 Å². The summed E-state index contributed by atoms with van der Waals surface area (Å²) < 4.78 is 0.782. The third kappa shape index (κ3) is 5.55. The van der Waals surface area contributed by atoms with Crippen LogP contribution >= 0.6 is 34.7 Å². The van der Waals surface area contributed by atoms with Crippen LogP contribution in [0.15, 0.2) is 22.7 Å². The predicted molar refractivity (Wildman–Crippen MR) is 104 cm³/mol. The first-order valence-electron chi connectivity index (χ1n) is 8.29. The number of amides is 1. The molecular weight excluding hydrogens is 378 g/mol. The molecule has 0 radical (unpaired) electrons. The second kappa shape index (κ2) is 8.82. The smallest absolute Gasteiger partial charge is 0.238 e. The van der Waals surface area contributed by atoms with Crippen LogP contribution in [0, 0.1) is 0 Å². The SMILES string of the molecule is CC(Sc1nnc(NC2CCCCC2)s1)C(=O)Nc1ccc(Cl)cn1. The Morgan fingerprint density at radius 2 is 2.12 bits per heavy atom. The number of hydrogen-bond donors (Lipinski definition) is 2. The van der Waals surface area contributed by atoms with Gasteiger partial charge in [-0.1, -0.05) is 54.0 Å². The molecule has 25 heavy (non-hydrogen) atoms. The van der Waals surface area contributed by atoms with Crippen molar-refractivity contribution in [1.82, 2.24) is 15.2 Å². The third-order valence-electron chi connectivity index (χ3n) is 3.96. The minimum Gasteiger partial charge on any atom is -0.357 e. The van der Waals surface area contributed by atoms with E-state index in [1.807, 2.05) is 6.92 Å². The first-order valence-corrected chi connectivity index (χ1v) is 10.4. The Balaban J connectivity index is 1.51. The molecule has 2 heterocycles. The van der Waals surface area contributed by atoms with E-state index in [2.05, 4.69) is 25.8 Å². The molecule has 2 N–H and O–H groups in total. The molecule has 134 valence electrons. The number of thioether (sulfide) groups is 1. The number of nitrogens with one attached hydrogen (secondary N) is 2. The molecular formula is C16H20ClN5OS2. The van der Waals surface area contributed by atoms with E-state index in [-0.39, 0.29) is 11.2 Å². The lowest BCUT2D eigenvalue weighted by Gasteiger charge is -2.21. The molecule has 1 aliphatic carbocycles. The van der Waals surface area contributed by atoms with Crippen LogP contribution in [-0.4, -0.2) is 32.4 Å². The number of pyridine rings is 1. The fourth-order valence-corrected chi connectivity index (χ4v) is 4.70. The molecule has 1 amide bonds. The minimum atomic E-state index is -0.298. The van der Waals surface area contributed by atoms with Crippen LogP contribution in [0.5, 0.6) is 0 Å². The zero-order valence-corrected chi connectivity index (χ0v) is 16.3. The molecule has 1 unspecified atom stereocenters. The predicted octanol–water partition coefficient (Wildman–Crippen LogP) is 4.45. The van der Waals surface area contributed by atoms with Gasteiger partial charge in [0.05, 0.1) is 10.3 Å². The number of hydrogen-bond acceptors (Lipinski definition) is 7. The van der Waals surface area contributed by atoms with Gasteiger partial charge in [0.1, 0.15) is 5.82 Å². The molecule has 0 spiro atoms. The van der Waals surface area contributed by atoms with Gasteiger partial charge >= 0.3 is 0 Å². The summed E-state index contributed by atoms with van der Waals surface area (Å²) >= 11 is 8.68. The number of nitrogens with zero attached hydrogens (tertiary/aromatic N) is 3. The van der Waals surface area contributed by atoms with Crippen molar-refractivity contribution in [3.05, 3.63) is 23.4 Å². The van der Waals surface area contributed by atoms with E-state index in [0.717, 1.165) is 9.47 Å². The van der Waals surface area contributed by atoms with Crippen LogP contribution in [-0.2, 0) is 4.79 Å². The van der Waals surface area contributed by atoms with Crippen molar-refractivity contribution < 1.29 is 4.79 Å². The fourth-order valence-electron chi connectivity index (χ4n) is 2.62. The lowest BCUT2D eigenvalue weighted by Crippen LogP contribution is -2.22. The van der Waals surface area contributed by atoms with Crippen LogP contribution < -0.4 is 10.6 Å². The summed E-state index contributed by atoms with van der Waals surface area (Å²) in [5.41, 5.74) is 0. The fraction of sp³-hybridized carbons (Fsp3) is 0.500. The van der Waals surface area contributed by atoms with E-state index in [1.165, 1.54) is 61.4 Å². The molecule has 2 aromatic heterocycles. The maximum atomic E-state index is 12.3. The van der Waals surface area contributed by atoms with Crippen LogP contribution in [0.3, 0.4) is 0 Å². The van der Waals surface area contributed by atoms with Gasteiger partial charge in [0.25, 0.3) is 0 Å². The van der Waals surface area contributed by atoms with Gasteiger partial charge in [0, 0.05) is 12.2 Å². The van der Waals surface area contributed by atoms with Crippen molar-refractivity contribution in [1.29, 1.82) is 0 Å². The highest BCUT2D eigenvalue weighted by molar-refractivity contribution is 8.02. The first kappa shape index (κ1) is 18.4. The Morgan fingerprint density at radius 3 is 2.84 bits per heavy atom. The molecule has 1 aliphatic rings. The van der Waals surface area contributed by atoms with Crippen molar-refractivity contribution in [2.45, 2.75) is 54.7 Å². The quantitative estimate of drug-likeness (QED) is 0.701. The summed E-state index contributed by atoms with van der Waals surface area (Å²) in [5, 5.41) is 15.7. The number of aromatic nitrogens is 3. The van der Waals surface area contributed by atoms with Gasteiger partial charge in [-0.05, 0) is 31.9 Å². The van der Waals surface area contributed by atoms with Gasteiger partial charge in [-0.15, -0.1) is 10.2 Å². The summed E-state index contributed by atoms with van der Waals surface area (Å²) in [5.74, 6) is 0.357. The van der Waals surface area contributed by atoms with Crippen LogP contribution in [0.2, 0.25) is 5.02 Å². The van der Waals surface area contributed by atoms with Gasteiger partial charge in [0.15, 0.2) is 4.34 Å². The zero-order chi connectivity index (χ0) is 17.6. The average Bonchev–Trinajstić information content (AvgIpc) is 3.04. The zero-order valence-electron chi connectivity index (χ0n) is 13.9. The summed E-state index contributed by atoms with van der Waals surface area (Å²) in [7, 11) is 0. The largest absolute Gasteiger partial charge is 0.357 e. The summed E-state index contributed by atoms with van der Waals surface area (Å²) in [6.07, 6.45) is 7.75. The molecule has 0 bridgehead atoms. The summed E-state index contributed by atoms with van der Waals surface area (Å²) in [6, 6.07) is 3.86. The lowest BCUT2D eigenvalue weighted by atomic mass is 9.96. The normalized spacial score (nSPS) is 16.4. The van der Waals surface area contributed by atoms with Gasteiger partial charge < -0.3 is 10.6 Å². The molecule has 1 saturated carbocycles. The van der Waals surface area contributed by atoms with E-state index >= 15 is 0 Å². The molecule has 1 atom stereocenters. The van der Waals surface area contributed by atoms with E-state index < -0.39 is 0 Å². The number of halogens is 1. The minimum absolute atomic E-state index is 0.128. The van der Waals surface area contributed by atoms with Gasteiger partial charge in [0.2, 0.25) is 11.0 Å². The van der Waals surface area contributed by atoms with Gasteiger partial charge in [-0.2, -0.15) is 0 Å². The van der Waals surface area contributed by atoms with Crippen molar-refractivity contribution in [2.24, 2.45) is 0 Å². The maximum absolute atomic E-state index is 12.3. The maximum Gasteiger partial charge on any atom is 0.238 e. The Bertz CT molecular complexity index is 703.